The highest BCUT2D eigenvalue weighted by Gasteiger charge is 2.27. The van der Waals surface area contributed by atoms with Crippen molar-refractivity contribution >= 4 is 11.8 Å². The Morgan fingerprint density at radius 1 is 1.03 bits per heavy atom. The lowest BCUT2D eigenvalue weighted by Gasteiger charge is -2.30. The average molecular weight is 411 g/mol. The molecule has 30 heavy (non-hydrogen) atoms. The quantitative estimate of drug-likeness (QED) is 0.674. The zero-order chi connectivity index (χ0) is 22.3. The fourth-order valence-electron chi connectivity index (χ4n) is 3.46. The van der Waals surface area contributed by atoms with Crippen molar-refractivity contribution in [1.29, 1.82) is 0 Å². The van der Waals surface area contributed by atoms with Gasteiger partial charge < -0.3 is 15.0 Å². The second kappa shape index (κ2) is 10.8. The van der Waals surface area contributed by atoms with E-state index in [4.69, 9.17) is 4.74 Å². The third kappa shape index (κ3) is 6.61. The predicted octanol–water partition coefficient (Wildman–Crippen LogP) is 4.19. The topological polar surface area (TPSA) is 58.6 Å². The number of ether oxygens (including phenoxy) is 1. The van der Waals surface area contributed by atoms with Crippen LogP contribution in [0.2, 0.25) is 0 Å². The van der Waals surface area contributed by atoms with Crippen LogP contribution in [0.1, 0.15) is 49.4 Å². The highest BCUT2D eigenvalue weighted by molar-refractivity contribution is 5.88. The summed E-state index contributed by atoms with van der Waals surface area (Å²) in [4.78, 5) is 27.8. The largest absolute Gasteiger partial charge is 0.497 e. The maximum absolute atomic E-state index is 13.3. The number of nitrogens with zero attached hydrogens (tertiary/aromatic N) is 1. The molecule has 1 N–H and O–H groups in total. The van der Waals surface area contributed by atoms with Crippen LogP contribution in [-0.4, -0.2) is 35.9 Å². The van der Waals surface area contributed by atoms with Gasteiger partial charge in [-0.2, -0.15) is 0 Å². The molecule has 162 valence electrons. The SMILES string of the molecule is CCC(C)NC(=O)C(C)N(Cc1cccc(OC)c1)C(=O)Cc1cc(C)cc(C)c1. The van der Waals surface area contributed by atoms with Crippen LogP contribution in [0.5, 0.6) is 5.75 Å². The van der Waals surface area contributed by atoms with Gasteiger partial charge in [0.2, 0.25) is 11.8 Å². The lowest BCUT2D eigenvalue weighted by molar-refractivity contribution is -0.140. The molecule has 2 amide bonds. The van der Waals surface area contributed by atoms with Crippen LogP contribution in [0.15, 0.2) is 42.5 Å². The van der Waals surface area contributed by atoms with Gasteiger partial charge in [0.25, 0.3) is 0 Å². The molecule has 0 aliphatic carbocycles. The van der Waals surface area contributed by atoms with Crippen molar-refractivity contribution in [3.05, 3.63) is 64.7 Å². The number of benzene rings is 2. The van der Waals surface area contributed by atoms with E-state index in [1.54, 1.807) is 18.9 Å². The summed E-state index contributed by atoms with van der Waals surface area (Å²) in [6.45, 7) is 10.2. The van der Waals surface area contributed by atoms with Gasteiger partial charge in [0.1, 0.15) is 11.8 Å². The Hall–Kier alpha value is -2.82. The Morgan fingerprint density at radius 3 is 2.30 bits per heavy atom. The molecule has 0 saturated heterocycles. The van der Waals surface area contributed by atoms with Crippen LogP contribution >= 0.6 is 0 Å². The molecule has 0 heterocycles. The number of nitrogens with one attached hydrogen (secondary N) is 1. The summed E-state index contributed by atoms with van der Waals surface area (Å²) in [6.07, 6.45) is 1.10. The van der Waals surface area contributed by atoms with Gasteiger partial charge >= 0.3 is 0 Å². The Labute approximate surface area is 180 Å². The lowest BCUT2D eigenvalue weighted by Crippen LogP contribution is -2.49. The zero-order valence-corrected chi connectivity index (χ0v) is 19.0. The van der Waals surface area contributed by atoms with E-state index in [1.807, 2.05) is 64.1 Å². The molecule has 5 heteroatoms. The van der Waals surface area contributed by atoms with Crippen LogP contribution in [0.25, 0.3) is 0 Å². The van der Waals surface area contributed by atoms with Gasteiger partial charge in [0, 0.05) is 12.6 Å². The lowest BCUT2D eigenvalue weighted by atomic mass is 10.0. The number of carbonyl (C=O) groups is 2. The van der Waals surface area contributed by atoms with Gasteiger partial charge in [-0.3, -0.25) is 9.59 Å². The van der Waals surface area contributed by atoms with Gasteiger partial charge in [-0.15, -0.1) is 0 Å². The number of carbonyl (C=O) groups excluding carboxylic acids is 2. The van der Waals surface area contributed by atoms with E-state index in [1.165, 1.54) is 0 Å². The van der Waals surface area contributed by atoms with Crippen molar-refractivity contribution in [3.63, 3.8) is 0 Å². The molecule has 2 atom stereocenters. The van der Waals surface area contributed by atoms with E-state index in [0.717, 1.165) is 34.4 Å². The molecule has 0 radical (unpaired) electrons. The van der Waals surface area contributed by atoms with E-state index in [0.29, 0.717) is 6.54 Å². The van der Waals surface area contributed by atoms with E-state index >= 15 is 0 Å². The second-order valence-corrected chi connectivity index (χ2v) is 8.04. The molecule has 0 aliphatic heterocycles. The predicted molar refractivity (Wildman–Crippen MR) is 121 cm³/mol. The fraction of sp³-hybridized carbons (Fsp3) is 0.440. The van der Waals surface area contributed by atoms with Crippen molar-refractivity contribution < 1.29 is 14.3 Å². The Morgan fingerprint density at radius 2 is 1.70 bits per heavy atom. The number of methoxy groups -OCH3 is 1. The van der Waals surface area contributed by atoms with Crippen LogP contribution < -0.4 is 10.1 Å². The molecule has 0 fully saturated rings. The Bertz CT molecular complexity index is 858. The molecule has 0 saturated carbocycles. The minimum Gasteiger partial charge on any atom is -0.497 e. The molecule has 0 spiro atoms. The number of rotatable bonds is 9. The van der Waals surface area contributed by atoms with Gasteiger partial charge in [-0.05, 0) is 57.4 Å². The van der Waals surface area contributed by atoms with Crippen molar-refractivity contribution in [2.24, 2.45) is 0 Å². The number of hydrogen-bond acceptors (Lipinski definition) is 3. The summed E-state index contributed by atoms with van der Waals surface area (Å²) in [5.41, 5.74) is 4.13. The molecule has 0 bridgehead atoms. The van der Waals surface area contributed by atoms with Crippen molar-refractivity contribution in [1.82, 2.24) is 10.2 Å². The number of hydrogen-bond donors (Lipinski definition) is 1. The van der Waals surface area contributed by atoms with Gasteiger partial charge in [0.05, 0.1) is 13.5 Å². The van der Waals surface area contributed by atoms with Gasteiger partial charge in [0.15, 0.2) is 0 Å². The summed E-state index contributed by atoms with van der Waals surface area (Å²) < 4.78 is 5.31. The minimum atomic E-state index is -0.580. The first kappa shape index (κ1) is 23.5. The maximum Gasteiger partial charge on any atom is 0.242 e. The molecule has 2 rings (SSSR count). The average Bonchev–Trinajstić information content (AvgIpc) is 2.70. The maximum atomic E-state index is 13.3. The Balaban J connectivity index is 2.28. The van der Waals surface area contributed by atoms with E-state index in [-0.39, 0.29) is 24.3 Å². The van der Waals surface area contributed by atoms with E-state index < -0.39 is 6.04 Å². The van der Waals surface area contributed by atoms with E-state index in [2.05, 4.69) is 11.4 Å². The molecule has 2 aromatic carbocycles. The molecule has 5 nitrogen and oxygen atoms in total. The van der Waals surface area contributed by atoms with Crippen LogP contribution in [0.3, 0.4) is 0 Å². The van der Waals surface area contributed by atoms with E-state index in [9.17, 15) is 9.59 Å². The molecular formula is C25H34N2O3. The third-order valence-corrected chi connectivity index (χ3v) is 5.29. The molecular weight excluding hydrogens is 376 g/mol. The van der Waals surface area contributed by atoms with Crippen LogP contribution in [-0.2, 0) is 22.6 Å². The Kier molecular flexibility index (Phi) is 8.46. The number of aryl methyl sites for hydroxylation is 2. The van der Waals surface area contributed by atoms with Crippen molar-refractivity contribution in [3.8, 4) is 5.75 Å². The summed E-state index contributed by atoms with van der Waals surface area (Å²) in [6, 6.07) is 13.2. The standard InChI is InChI=1S/C25H34N2O3/c1-7-19(4)26-25(29)20(5)27(16-21-9-8-10-23(14-21)30-6)24(28)15-22-12-17(2)11-18(3)13-22/h8-14,19-20H,7,15-16H2,1-6H3,(H,26,29). The number of amides is 2. The van der Waals surface area contributed by atoms with Crippen molar-refractivity contribution in [2.45, 2.75) is 66.1 Å². The first-order valence-electron chi connectivity index (χ1n) is 10.5. The normalized spacial score (nSPS) is 12.7. The van der Waals surface area contributed by atoms with Gasteiger partial charge in [-0.25, -0.2) is 0 Å². The minimum absolute atomic E-state index is 0.0631. The van der Waals surface area contributed by atoms with Crippen LogP contribution in [0.4, 0.5) is 0 Å². The molecule has 2 aromatic rings. The molecule has 2 unspecified atom stereocenters. The fourth-order valence-corrected chi connectivity index (χ4v) is 3.46. The second-order valence-electron chi connectivity index (χ2n) is 8.04. The highest BCUT2D eigenvalue weighted by Crippen LogP contribution is 2.18. The zero-order valence-electron chi connectivity index (χ0n) is 19.0. The summed E-state index contributed by atoms with van der Waals surface area (Å²) >= 11 is 0. The summed E-state index contributed by atoms with van der Waals surface area (Å²) in [7, 11) is 1.62. The van der Waals surface area contributed by atoms with Gasteiger partial charge in [-0.1, -0.05) is 48.4 Å². The van der Waals surface area contributed by atoms with Crippen molar-refractivity contribution in [2.75, 3.05) is 7.11 Å². The molecule has 0 aromatic heterocycles. The molecule has 0 aliphatic rings. The highest BCUT2D eigenvalue weighted by atomic mass is 16.5. The first-order chi connectivity index (χ1) is 14.2. The smallest absolute Gasteiger partial charge is 0.242 e. The monoisotopic (exact) mass is 410 g/mol. The first-order valence-corrected chi connectivity index (χ1v) is 10.5. The summed E-state index contributed by atoms with van der Waals surface area (Å²) in [5.74, 6) is 0.515. The summed E-state index contributed by atoms with van der Waals surface area (Å²) in [5, 5.41) is 3.00. The van der Waals surface area contributed by atoms with Crippen LogP contribution in [0, 0.1) is 13.8 Å². The third-order valence-electron chi connectivity index (χ3n) is 5.29.